The molecule has 2 fully saturated rings. The normalized spacial score (nSPS) is 27.2. The van der Waals surface area contributed by atoms with Gasteiger partial charge in [-0.25, -0.2) is 0 Å². The van der Waals surface area contributed by atoms with E-state index in [2.05, 4.69) is 29.0 Å². The fourth-order valence-electron chi connectivity index (χ4n) is 2.91. The molecule has 5 heteroatoms. The van der Waals surface area contributed by atoms with Crippen LogP contribution >= 0.6 is 0 Å². The minimum Gasteiger partial charge on any atom is -0.353 e. The van der Waals surface area contributed by atoms with Gasteiger partial charge in [0.05, 0.1) is 0 Å². The summed E-state index contributed by atoms with van der Waals surface area (Å²) in [4.78, 5) is 16.8. The van der Waals surface area contributed by atoms with Gasteiger partial charge < -0.3 is 11.1 Å². The number of piperazine rings is 1. The lowest BCUT2D eigenvalue weighted by Gasteiger charge is -2.42. The molecule has 0 aromatic heterocycles. The summed E-state index contributed by atoms with van der Waals surface area (Å²) in [6.07, 6.45) is 2.84. The van der Waals surface area contributed by atoms with E-state index in [4.69, 9.17) is 5.73 Å². The number of hydrogen-bond acceptors (Lipinski definition) is 4. The summed E-state index contributed by atoms with van der Waals surface area (Å²) in [6, 6.07) is 1.20. The van der Waals surface area contributed by atoms with E-state index >= 15 is 0 Å². The Labute approximate surface area is 116 Å². The largest absolute Gasteiger partial charge is 0.353 e. The molecule has 2 aliphatic rings. The van der Waals surface area contributed by atoms with Gasteiger partial charge in [-0.05, 0) is 26.3 Å². The third kappa shape index (κ3) is 4.16. The van der Waals surface area contributed by atoms with Gasteiger partial charge in [-0.1, -0.05) is 6.92 Å². The first-order valence-electron chi connectivity index (χ1n) is 7.61. The van der Waals surface area contributed by atoms with Crippen molar-refractivity contribution in [3.8, 4) is 0 Å². The van der Waals surface area contributed by atoms with E-state index in [0.717, 1.165) is 39.0 Å². The molecule has 5 nitrogen and oxygen atoms in total. The second-order valence-corrected chi connectivity index (χ2v) is 5.91. The molecule has 1 saturated heterocycles. The molecule has 0 spiro atoms. The molecule has 19 heavy (non-hydrogen) atoms. The molecule has 0 bridgehead atoms. The SMILES string of the molecule is CCN1CCN(C(CN)CC(=O)NC2CC2)CC1C. The van der Waals surface area contributed by atoms with Crippen LogP contribution in [0.25, 0.3) is 0 Å². The van der Waals surface area contributed by atoms with Gasteiger partial charge >= 0.3 is 0 Å². The van der Waals surface area contributed by atoms with Crippen molar-refractivity contribution in [1.82, 2.24) is 15.1 Å². The zero-order valence-corrected chi connectivity index (χ0v) is 12.3. The highest BCUT2D eigenvalue weighted by Gasteiger charge is 2.29. The summed E-state index contributed by atoms with van der Waals surface area (Å²) in [5, 5.41) is 3.06. The average molecular weight is 268 g/mol. The number of carbonyl (C=O) groups excluding carboxylic acids is 1. The fraction of sp³-hybridized carbons (Fsp3) is 0.929. The average Bonchev–Trinajstić information content (AvgIpc) is 3.19. The molecule has 2 atom stereocenters. The van der Waals surface area contributed by atoms with Crippen molar-refractivity contribution in [2.24, 2.45) is 5.73 Å². The van der Waals surface area contributed by atoms with E-state index in [9.17, 15) is 4.79 Å². The van der Waals surface area contributed by atoms with E-state index < -0.39 is 0 Å². The van der Waals surface area contributed by atoms with Crippen LogP contribution in [0.3, 0.4) is 0 Å². The van der Waals surface area contributed by atoms with Crippen LogP contribution in [0.15, 0.2) is 0 Å². The second kappa shape index (κ2) is 6.68. The topological polar surface area (TPSA) is 61.6 Å². The Morgan fingerprint density at radius 1 is 1.42 bits per heavy atom. The summed E-state index contributed by atoms with van der Waals surface area (Å²) in [5.41, 5.74) is 5.88. The van der Waals surface area contributed by atoms with Crippen LogP contribution in [0.5, 0.6) is 0 Å². The minimum atomic E-state index is 0.170. The van der Waals surface area contributed by atoms with Crippen molar-refractivity contribution in [3.05, 3.63) is 0 Å². The minimum absolute atomic E-state index is 0.170. The van der Waals surface area contributed by atoms with Gasteiger partial charge in [-0.2, -0.15) is 0 Å². The van der Waals surface area contributed by atoms with Gasteiger partial charge in [-0.15, -0.1) is 0 Å². The zero-order valence-electron chi connectivity index (χ0n) is 12.3. The number of nitrogens with one attached hydrogen (secondary N) is 1. The highest BCUT2D eigenvalue weighted by molar-refractivity contribution is 5.77. The number of nitrogens with two attached hydrogens (primary N) is 1. The predicted molar refractivity (Wildman–Crippen MR) is 76.9 cm³/mol. The van der Waals surface area contributed by atoms with E-state index in [1.54, 1.807) is 0 Å². The molecule has 1 saturated carbocycles. The lowest BCUT2D eigenvalue weighted by atomic mass is 10.1. The van der Waals surface area contributed by atoms with Crippen molar-refractivity contribution in [1.29, 1.82) is 0 Å². The molecule has 2 rings (SSSR count). The van der Waals surface area contributed by atoms with Crippen LogP contribution < -0.4 is 11.1 Å². The van der Waals surface area contributed by atoms with Crippen LogP contribution in [-0.4, -0.2) is 66.6 Å². The molecule has 0 aromatic carbocycles. The third-order valence-electron chi connectivity index (χ3n) is 4.35. The summed E-state index contributed by atoms with van der Waals surface area (Å²) >= 11 is 0. The first-order chi connectivity index (χ1) is 9.13. The molecule has 0 aromatic rings. The first-order valence-corrected chi connectivity index (χ1v) is 7.61. The highest BCUT2D eigenvalue weighted by atomic mass is 16.1. The Bertz CT molecular complexity index is 306. The van der Waals surface area contributed by atoms with Gasteiger partial charge in [0.1, 0.15) is 0 Å². The Hall–Kier alpha value is -0.650. The van der Waals surface area contributed by atoms with Crippen LogP contribution in [0.2, 0.25) is 0 Å². The van der Waals surface area contributed by atoms with Crippen LogP contribution in [-0.2, 0) is 4.79 Å². The van der Waals surface area contributed by atoms with Crippen LogP contribution in [0.4, 0.5) is 0 Å². The number of rotatable bonds is 6. The van der Waals surface area contributed by atoms with Crippen LogP contribution in [0, 0.1) is 0 Å². The predicted octanol–water partition coefficient (Wildman–Crippen LogP) is 0.00840. The summed E-state index contributed by atoms with van der Waals surface area (Å²) in [7, 11) is 0. The summed E-state index contributed by atoms with van der Waals surface area (Å²) < 4.78 is 0. The summed E-state index contributed by atoms with van der Waals surface area (Å²) in [6.45, 7) is 9.26. The Kier molecular flexibility index (Phi) is 5.19. The number of amides is 1. The lowest BCUT2D eigenvalue weighted by Crippen LogP contribution is -2.56. The van der Waals surface area contributed by atoms with E-state index in [-0.39, 0.29) is 11.9 Å². The summed E-state index contributed by atoms with van der Waals surface area (Å²) in [5.74, 6) is 0.170. The highest BCUT2D eigenvalue weighted by Crippen LogP contribution is 2.19. The second-order valence-electron chi connectivity index (χ2n) is 5.91. The number of hydrogen-bond donors (Lipinski definition) is 2. The van der Waals surface area contributed by atoms with Crippen molar-refractivity contribution >= 4 is 5.91 Å². The van der Waals surface area contributed by atoms with E-state index in [0.29, 0.717) is 25.0 Å². The van der Waals surface area contributed by atoms with Crippen molar-refractivity contribution in [2.75, 3.05) is 32.7 Å². The Balaban J connectivity index is 1.81. The number of likely N-dealkylation sites (N-methyl/N-ethyl adjacent to an activating group) is 1. The fourth-order valence-corrected chi connectivity index (χ4v) is 2.91. The standard InChI is InChI=1S/C14H28N4O/c1-3-17-6-7-18(10-11(17)2)13(9-15)8-14(19)16-12-4-5-12/h11-13H,3-10,15H2,1-2H3,(H,16,19). The van der Waals surface area contributed by atoms with Crippen molar-refractivity contribution in [2.45, 2.75) is 51.2 Å². The van der Waals surface area contributed by atoms with Crippen LogP contribution in [0.1, 0.15) is 33.1 Å². The Morgan fingerprint density at radius 3 is 2.68 bits per heavy atom. The maximum Gasteiger partial charge on any atom is 0.221 e. The van der Waals surface area contributed by atoms with Gasteiger partial charge in [-0.3, -0.25) is 14.6 Å². The third-order valence-corrected chi connectivity index (χ3v) is 4.35. The molecule has 1 amide bonds. The monoisotopic (exact) mass is 268 g/mol. The molecular formula is C14H28N4O. The maximum atomic E-state index is 11.9. The van der Waals surface area contributed by atoms with Crippen molar-refractivity contribution < 1.29 is 4.79 Å². The quantitative estimate of drug-likeness (QED) is 0.712. The maximum absolute atomic E-state index is 11.9. The molecule has 1 aliphatic carbocycles. The molecular weight excluding hydrogens is 240 g/mol. The molecule has 1 heterocycles. The molecule has 110 valence electrons. The smallest absolute Gasteiger partial charge is 0.221 e. The van der Waals surface area contributed by atoms with Gasteiger partial charge in [0.2, 0.25) is 5.91 Å². The molecule has 0 radical (unpaired) electrons. The van der Waals surface area contributed by atoms with Gasteiger partial charge in [0, 0.05) is 50.7 Å². The number of carbonyl (C=O) groups is 1. The van der Waals surface area contributed by atoms with Gasteiger partial charge in [0.25, 0.3) is 0 Å². The molecule has 2 unspecified atom stereocenters. The molecule has 1 aliphatic heterocycles. The lowest BCUT2D eigenvalue weighted by molar-refractivity contribution is -0.122. The molecule has 3 N–H and O–H groups in total. The van der Waals surface area contributed by atoms with Crippen molar-refractivity contribution in [3.63, 3.8) is 0 Å². The Morgan fingerprint density at radius 2 is 2.16 bits per heavy atom. The van der Waals surface area contributed by atoms with Gasteiger partial charge in [0.15, 0.2) is 0 Å². The van der Waals surface area contributed by atoms with E-state index in [1.807, 2.05) is 0 Å². The zero-order chi connectivity index (χ0) is 13.8. The van der Waals surface area contributed by atoms with E-state index in [1.165, 1.54) is 0 Å². The first kappa shape index (κ1) is 14.8. The number of nitrogens with zero attached hydrogens (tertiary/aromatic N) is 2.